The third-order valence-electron chi connectivity index (χ3n) is 2.40. The molecule has 1 N–H and O–H groups in total. The summed E-state index contributed by atoms with van der Waals surface area (Å²) < 4.78 is 5.78. The van der Waals surface area contributed by atoms with Crippen LogP contribution >= 0.6 is 27.5 Å². The van der Waals surface area contributed by atoms with Gasteiger partial charge < -0.3 is 10.1 Å². The van der Waals surface area contributed by atoms with E-state index in [2.05, 4.69) is 26.2 Å². The van der Waals surface area contributed by atoms with Crippen molar-refractivity contribution in [2.24, 2.45) is 0 Å². The van der Waals surface area contributed by atoms with Crippen molar-refractivity contribution in [2.75, 3.05) is 12.4 Å². The number of methoxy groups -OCH3 is 1. The molecule has 98 valence electrons. The number of rotatable bonds is 3. The second-order valence-electron chi connectivity index (χ2n) is 3.67. The molecular weight excluding hydrogens is 332 g/mol. The number of nitrogens with zero attached hydrogens (tertiary/aromatic N) is 1. The summed E-state index contributed by atoms with van der Waals surface area (Å²) in [6, 6.07) is 8.42. The lowest BCUT2D eigenvalue weighted by molar-refractivity contribution is 0.102. The fourth-order valence-corrected chi connectivity index (χ4v) is 2.08. The summed E-state index contributed by atoms with van der Waals surface area (Å²) in [6.07, 6.45) is 1.53. The number of nitrogens with one attached hydrogen (secondary N) is 1. The first-order valence-electron chi connectivity index (χ1n) is 5.36. The molecule has 1 aromatic carbocycles. The summed E-state index contributed by atoms with van der Waals surface area (Å²) in [7, 11) is 1.55. The number of ether oxygens (including phenoxy) is 1. The van der Waals surface area contributed by atoms with Crippen LogP contribution in [0.15, 0.2) is 41.0 Å². The van der Waals surface area contributed by atoms with Crippen LogP contribution < -0.4 is 10.1 Å². The summed E-state index contributed by atoms with van der Waals surface area (Å²) in [6.45, 7) is 0. The molecule has 0 saturated heterocycles. The normalized spacial score (nSPS) is 10.1. The fourth-order valence-electron chi connectivity index (χ4n) is 1.48. The zero-order chi connectivity index (χ0) is 13.8. The molecule has 0 atom stereocenters. The van der Waals surface area contributed by atoms with Gasteiger partial charge in [-0.1, -0.05) is 11.6 Å². The lowest BCUT2D eigenvalue weighted by Crippen LogP contribution is -2.12. The van der Waals surface area contributed by atoms with E-state index in [4.69, 9.17) is 16.3 Å². The van der Waals surface area contributed by atoms with Crippen LogP contribution in [0, 0.1) is 0 Å². The summed E-state index contributed by atoms with van der Waals surface area (Å²) in [5, 5.41) is 3.06. The van der Waals surface area contributed by atoms with E-state index in [1.165, 1.54) is 6.20 Å². The molecule has 0 unspecified atom stereocenters. The third kappa shape index (κ3) is 3.45. The molecule has 0 radical (unpaired) electrons. The largest absolute Gasteiger partial charge is 0.497 e. The Morgan fingerprint density at radius 2 is 2.16 bits per heavy atom. The molecule has 4 nitrogen and oxygen atoms in total. The minimum absolute atomic E-state index is 0.256. The highest BCUT2D eigenvalue weighted by molar-refractivity contribution is 9.10. The van der Waals surface area contributed by atoms with E-state index in [9.17, 15) is 4.79 Å². The van der Waals surface area contributed by atoms with E-state index in [-0.39, 0.29) is 5.91 Å². The molecule has 19 heavy (non-hydrogen) atoms. The van der Waals surface area contributed by atoms with Crippen molar-refractivity contribution < 1.29 is 9.53 Å². The molecule has 1 amide bonds. The smallest absolute Gasteiger partial charge is 0.256 e. The van der Waals surface area contributed by atoms with E-state index < -0.39 is 0 Å². The van der Waals surface area contributed by atoms with Crippen molar-refractivity contribution >= 4 is 39.1 Å². The molecular formula is C13H10BrClN2O2. The standard InChI is InChI=1S/C13H10BrClN2O2/c1-19-9-2-3-11(14)10(7-9)13(18)17-8-4-5-16-12(15)6-8/h2-7H,1H3,(H,16,17,18). The Morgan fingerprint density at radius 3 is 2.84 bits per heavy atom. The molecule has 0 saturated carbocycles. The van der Waals surface area contributed by atoms with Crippen LogP contribution in [0.4, 0.5) is 5.69 Å². The summed E-state index contributed by atoms with van der Waals surface area (Å²) in [5.41, 5.74) is 1.06. The average molecular weight is 342 g/mol. The molecule has 0 aliphatic heterocycles. The van der Waals surface area contributed by atoms with Crippen LogP contribution in [0.25, 0.3) is 0 Å². The number of carbonyl (C=O) groups is 1. The highest BCUT2D eigenvalue weighted by atomic mass is 79.9. The molecule has 0 spiro atoms. The number of anilines is 1. The van der Waals surface area contributed by atoms with Crippen LogP contribution in [0.2, 0.25) is 5.15 Å². The molecule has 0 aliphatic rings. The molecule has 1 heterocycles. The predicted molar refractivity (Wildman–Crippen MR) is 77.9 cm³/mol. The summed E-state index contributed by atoms with van der Waals surface area (Å²) in [4.78, 5) is 16.0. The van der Waals surface area contributed by atoms with Gasteiger partial charge in [0.25, 0.3) is 5.91 Å². The van der Waals surface area contributed by atoms with Gasteiger partial charge in [0.1, 0.15) is 10.9 Å². The van der Waals surface area contributed by atoms with Crippen molar-refractivity contribution in [1.82, 2.24) is 4.98 Å². The monoisotopic (exact) mass is 340 g/mol. The minimum atomic E-state index is -0.256. The van der Waals surface area contributed by atoms with Gasteiger partial charge in [-0.15, -0.1) is 0 Å². The first-order valence-corrected chi connectivity index (χ1v) is 6.53. The quantitative estimate of drug-likeness (QED) is 0.865. The molecule has 0 fully saturated rings. The molecule has 2 aromatic rings. The van der Waals surface area contributed by atoms with Crippen molar-refractivity contribution in [1.29, 1.82) is 0 Å². The predicted octanol–water partition coefficient (Wildman–Crippen LogP) is 3.76. The van der Waals surface area contributed by atoms with Crippen LogP contribution in [-0.2, 0) is 0 Å². The Labute approximate surface area is 123 Å². The van der Waals surface area contributed by atoms with Crippen LogP contribution in [0.3, 0.4) is 0 Å². The van der Waals surface area contributed by atoms with Gasteiger partial charge in [0.15, 0.2) is 0 Å². The number of aromatic nitrogens is 1. The number of pyridine rings is 1. The Kier molecular flexibility index (Phi) is 4.39. The third-order valence-corrected chi connectivity index (χ3v) is 3.30. The van der Waals surface area contributed by atoms with Gasteiger partial charge in [-0.2, -0.15) is 0 Å². The highest BCUT2D eigenvalue weighted by Gasteiger charge is 2.11. The van der Waals surface area contributed by atoms with Gasteiger partial charge in [0, 0.05) is 16.4 Å². The van der Waals surface area contributed by atoms with Gasteiger partial charge in [-0.05, 0) is 46.3 Å². The highest BCUT2D eigenvalue weighted by Crippen LogP contribution is 2.23. The molecule has 0 bridgehead atoms. The van der Waals surface area contributed by atoms with Crippen LogP contribution in [0.1, 0.15) is 10.4 Å². The second-order valence-corrected chi connectivity index (χ2v) is 4.91. The average Bonchev–Trinajstić information content (AvgIpc) is 2.39. The number of hydrogen-bond donors (Lipinski definition) is 1. The maximum Gasteiger partial charge on any atom is 0.256 e. The Hall–Kier alpha value is -1.59. The Balaban J connectivity index is 2.25. The zero-order valence-electron chi connectivity index (χ0n) is 9.98. The summed E-state index contributed by atoms with van der Waals surface area (Å²) >= 11 is 9.09. The van der Waals surface area contributed by atoms with E-state index in [1.54, 1.807) is 37.4 Å². The van der Waals surface area contributed by atoms with Crippen LogP contribution in [-0.4, -0.2) is 18.0 Å². The summed E-state index contributed by atoms with van der Waals surface area (Å²) in [5.74, 6) is 0.356. The van der Waals surface area contributed by atoms with Crippen molar-refractivity contribution in [3.05, 3.63) is 51.7 Å². The Morgan fingerprint density at radius 1 is 1.37 bits per heavy atom. The minimum Gasteiger partial charge on any atom is -0.497 e. The Bertz CT molecular complexity index is 619. The number of benzene rings is 1. The topological polar surface area (TPSA) is 51.2 Å². The van der Waals surface area contributed by atoms with Gasteiger partial charge in [-0.25, -0.2) is 4.98 Å². The fraction of sp³-hybridized carbons (Fsp3) is 0.0769. The number of halogens is 2. The molecule has 0 aliphatic carbocycles. The van der Waals surface area contributed by atoms with Crippen molar-refractivity contribution in [3.63, 3.8) is 0 Å². The maximum atomic E-state index is 12.2. The SMILES string of the molecule is COc1ccc(Br)c(C(=O)Nc2ccnc(Cl)c2)c1. The molecule has 6 heteroatoms. The molecule has 1 aromatic heterocycles. The molecule has 2 rings (SSSR count). The lowest BCUT2D eigenvalue weighted by Gasteiger charge is -2.08. The first-order chi connectivity index (χ1) is 9.10. The van der Waals surface area contributed by atoms with E-state index in [0.717, 1.165) is 0 Å². The van der Waals surface area contributed by atoms with Crippen molar-refractivity contribution in [3.8, 4) is 5.75 Å². The van der Waals surface area contributed by atoms with Gasteiger partial charge in [0.05, 0.1) is 12.7 Å². The second kappa shape index (κ2) is 6.04. The first kappa shape index (κ1) is 13.8. The van der Waals surface area contributed by atoms with E-state index >= 15 is 0 Å². The number of carbonyl (C=O) groups excluding carboxylic acids is 1. The number of amides is 1. The lowest BCUT2D eigenvalue weighted by atomic mass is 10.2. The van der Waals surface area contributed by atoms with E-state index in [1.807, 2.05) is 0 Å². The zero-order valence-corrected chi connectivity index (χ0v) is 12.3. The van der Waals surface area contributed by atoms with Crippen LogP contribution in [0.5, 0.6) is 5.75 Å². The van der Waals surface area contributed by atoms with Gasteiger partial charge in [-0.3, -0.25) is 4.79 Å². The van der Waals surface area contributed by atoms with Crippen molar-refractivity contribution in [2.45, 2.75) is 0 Å². The van der Waals surface area contributed by atoms with Gasteiger partial charge >= 0.3 is 0 Å². The maximum absolute atomic E-state index is 12.2. The van der Waals surface area contributed by atoms with E-state index in [0.29, 0.717) is 26.6 Å². The number of hydrogen-bond acceptors (Lipinski definition) is 3. The van der Waals surface area contributed by atoms with Gasteiger partial charge in [0.2, 0.25) is 0 Å².